The summed E-state index contributed by atoms with van der Waals surface area (Å²) in [5, 5.41) is 0.979. The van der Waals surface area contributed by atoms with E-state index >= 15 is 0 Å². The van der Waals surface area contributed by atoms with Gasteiger partial charge in [-0.15, -0.1) is 0 Å². The number of benzene rings is 2. The van der Waals surface area contributed by atoms with Crippen molar-refractivity contribution in [3.63, 3.8) is 0 Å². The van der Waals surface area contributed by atoms with Gasteiger partial charge in [0.25, 0.3) is 0 Å². The fourth-order valence-corrected chi connectivity index (χ4v) is 3.35. The van der Waals surface area contributed by atoms with Gasteiger partial charge in [0.2, 0.25) is 0 Å². The summed E-state index contributed by atoms with van der Waals surface area (Å²) >= 11 is 0. The molecule has 0 saturated carbocycles. The quantitative estimate of drug-likeness (QED) is 0.483. The Morgan fingerprint density at radius 1 is 1.17 bits per heavy atom. The van der Waals surface area contributed by atoms with Crippen molar-refractivity contribution in [3.05, 3.63) is 71.6 Å². The number of nitrogens with zero attached hydrogens (tertiary/aromatic N) is 2. The van der Waals surface area contributed by atoms with Crippen LogP contribution in [0.2, 0.25) is 0 Å². The minimum Gasteiger partial charge on any atom is -0.497 e. The number of ether oxygens (including phenoxy) is 2. The van der Waals surface area contributed by atoms with Gasteiger partial charge in [-0.2, -0.15) is 0 Å². The maximum absolute atomic E-state index is 14.2. The molecule has 6 heteroatoms. The summed E-state index contributed by atoms with van der Waals surface area (Å²) in [6.07, 6.45) is 3.09. The number of morpholine rings is 1. The molecule has 2 aromatic carbocycles. The molecule has 1 aromatic heterocycles. The van der Waals surface area contributed by atoms with Crippen molar-refractivity contribution < 1.29 is 18.7 Å². The molecule has 0 amide bonds. The van der Waals surface area contributed by atoms with E-state index in [2.05, 4.69) is 4.90 Å². The lowest BCUT2D eigenvalue weighted by Crippen LogP contribution is -2.37. The van der Waals surface area contributed by atoms with Crippen LogP contribution in [0.4, 0.5) is 10.2 Å². The second-order valence-corrected chi connectivity index (χ2v) is 6.74. The van der Waals surface area contributed by atoms with Crippen LogP contribution in [0, 0.1) is 5.82 Å². The number of aromatic nitrogens is 1. The number of pyridine rings is 1. The molecule has 0 radical (unpaired) electrons. The van der Waals surface area contributed by atoms with Gasteiger partial charge in [0.05, 0.1) is 31.4 Å². The average molecular weight is 392 g/mol. The van der Waals surface area contributed by atoms with Gasteiger partial charge in [0.1, 0.15) is 17.4 Å². The first kappa shape index (κ1) is 19.1. The number of halogens is 1. The lowest BCUT2D eigenvalue weighted by Gasteiger charge is -2.29. The summed E-state index contributed by atoms with van der Waals surface area (Å²) in [4.78, 5) is 19.5. The molecule has 0 N–H and O–H groups in total. The average Bonchev–Trinajstić information content (AvgIpc) is 2.77. The molecular weight excluding hydrogens is 371 g/mol. The zero-order valence-electron chi connectivity index (χ0n) is 16.1. The van der Waals surface area contributed by atoms with Gasteiger partial charge < -0.3 is 14.4 Å². The zero-order chi connectivity index (χ0) is 20.2. The lowest BCUT2D eigenvalue weighted by molar-refractivity contribution is 0.104. The summed E-state index contributed by atoms with van der Waals surface area (Å²) in [5.41, 5.74) is 1.70. The number of hydrogen-bond donors (Lipinski definition) is 0. The molecule has 1 aliphatic rings. The third-order valence-corrected chi connectivity index (χ3v) is 4.90. The molecule has 0 atom stereocenters. The van der Waals surface area contributed by atoms with E-state index in [4.69, 9.17) is 14.5 Å². The van der Waals surface area contributed by atoms with Crippen LogP contribution >= 0.6 is 0 Å². The second kappa shape index (κ2) is 8.41. The van der Waals surface area contributed by atoms with Crippen LogP contribution in [0.15, 0.2) is 54.6 Å². The predicted molar refractivity (Wildman–Crippen MR) is 111 cm³/mol. The van der Waals surface area contributed by atoms with Crippen molar-refractivity contribution in [1.29, 1.82) is 0 Å². The molecule has 1 saturated heterocycles. The molecule has 0 unspecified atom stereocenters. The highest BCUT2D eigenvalue weighted by molar-refractivity contribution is 6.07. The summed E-state index contributed by atoms with van der Waals surface area (Å²) in [6.45, 7) is 2.72. The highest BCUT2D eigenvalue weighted by atomic mass is 19.1. The molecule has 1 aliphatic heterocycles. The van der Waals surface area contributed by atoms with Crippen LogP contribution in [0.25, 0.3) is 17.0 Å². The molecule has 3 aromatic rings. The van der Waals surface area contributed by atoms with E-state index < -0.39 is 11.6 Å². The number of hydrogen-bond acceptors (Lipinski definition) is 5. The maximum Gasteiger partial charge on any atom is 0.188 e. The van der Waals surface area contributed by atoms with Crippen molar-refractivity contribution in [2.75, 3.05) is 38.3 Å². The van der Waals surface area contributed by atoms with Crippen molar-refractivity contribution >= 4 is 28.6 Å². The van der Waals surface area contributed by atoms with Crippen molar-refractivity contribution in [2.24, 2.45) is 0 Å². The molecule has 5 nitrogen and oxygen atoms in total. The monoisotopic (exact) mass is 392 g/mol. The number of carbonyl (C=O) groups excluding carboxylic acids is 1. The normalized spacial score (nSPS) is 14.5. The minimum atomic E-state index is -0.607. The first-order valence-electron chi connectivity index (χ1n) is 9.44. The van der Waals surface area contributed by atoms with Crippen molar-refractivity contribution in [3.8, 4) is 5.75 Å². The topological polar surface area (TPSA) is 51.7 Å². The van der Waals surface area contributed by atoms with Crippen molar-refractivity contribution in [1.82, 2.24) is 4.98 Å². The highest BCUT2D eigenvalue weighted by Gasteiger charge is 2.17. The highest BCUT2D eigenvalue weighted by Crippen LogP contribution is 2.26. The SMILES string of the molecule is COc1ccc(C(=O)C=Cc2cc3ccccc3nc2N2CCOCC2)c(F)c1. The summed E-state index contributed by atoms with van der Waals surface area (Å²) in [7, 11) is 1.45. The van der Waals surface area contributed by atoms with Crippen LogP contribution in [0.3, 0.4) is 0 Å². The molecule has 2 heterocycles. The summed E-state index contributed by atoms with van der Waals surface area (Å²) in [6, 6.07) is 14.1. The molecule has 0 aliphatic carbocycles. The number of para-hydroxylation sites is 1. The number of carbonyl (C=O) groups is 1. The molecular formula is C23H21FN2O3. The number of allylic oxidation sites excluding steroid dienone is 1. The smallest absolute Gasteiger partial charge is 0.188 e. The zero-order valence-corrected chi connectivity index (χ0v) is 16.1. The Kier molecular flexibility index (Phi) is 5.53. The Morgan fingerprint density at radius 3 is 2.72 bits per heavy atom. The van der Waals surface area contributed by atoms with E-state index in [1.807, 2.05) is 30.3 Å². The largest absolute Gasteiger partial charge is 0.497 e. The Balaban J connectivity index is 1.69. The minimum absolute atomic E-state index is 0.00345. The van der Waals surface area contributed by atoms with Gasteiger partial charge in [-0.05, 0) is 36.4 Å². The fraction of sp³-hybridized carbons (Fsp3) is 0.217. The standard InChI is InChI=1S/C23H21FN2O3/c1-28-18-7-8-19(20(24)15-18)22(27)9-6-17-14-16-4-2-3-5-21(16)25-23(17)26-10-12-29-13-11-26/h2-9,14-15H,10-13H2,1H3. The number of rotatable bonds is 5. The molecule has 29 heavy (non-hydrogen) atoms. The Bertz CT molecular complexity index is 1070. The second-order valence-electron chi connectivity index (χ2n) is 6.74. The summed E-state index contributed by atoms with van der Waals surface area (Å²) in [5.74, 6) is 0.151. The molecule has 1 fully saturated rings. The third-order valence-electron chi connectivity index (χ3n) is 4.90. The van der Waals surface area contributed by atoms with Gasteiger partial charge in [-0.1, -0.05) is 18.2 Å². The van der Waals surface area contributed by atoms with Gasteiger partial charge in [-0.25, -0.2) is 9.37 Å². The van der Waals surface area contributed by atoms with Gasteiger partial charge in [0.15, 0.2) is 5.78 Å². The van der Waals surface area contributed by atoms with Crippen LogP contribution in [0.5, 0.6) is 5.75 Å². The maximum atomic E-state index is 14.2. The molecule has 4 rings (SSSR count). The lowest BCUT2D eigenvalue weighted by atomic mass is 10.1. The van der Waals surface area contributed by atoms with Crippen LogP contribution in [0.1, 0.15) is 15.9 Å². The van der Waals surface area contributed by atoms with E-state index in [1.165, 1.54) is 25.3 Å². The molecule has 0 bridgehead atoms. The Labute approximate surface area is 168 Å². The van der Waals surface area contributed by atoms with Gasteiger partial charge in [0, 0.05) is 30.1 Å². The van der Waals surface area contributed by atoms with E-state index in [9.17, 15) is 9.18 Å². The van der Waals surface area contributed by atoms with E-state index in [1.54, 1.807) is 12.1 Å². The number of ketones is 1. The van der Waals surface area contributed by atoms with Gasteiger partial charge >= 0.3 is 0 Å². The van der Waals surface area contributed by atoms with Crippen LogP contribution in [-0.2, 0) is 4.74 Å². The number of anilines is 1. The van der Waals surface area contributed by atoms with E-state index in [-0.39, 0.29) is 5.56 Å². The van der Waals surface area contributed by atoms with Crippen LogP contribution in [-0.4, -0.2) is 44.2 Å². The fourth-order valence-electron chi connectivity index (χ4n) is 3.35. The van der Waals surface area contributed by atoms with Crippen molar-refractivity contribution in [2.45, 2.75) is 0 Å². The Hall–Kier alpha value is -3.25. The number of fused-ring (bicyclic) bond motifs is 1. The molecule has 148 valence electrons. The van der Waals surface area contributed by atoms with E-state index in [0.717, 1.165) is 35.4 Å². The van der Waals surface area contributed by atoms with Crippen LogP contribution < -0.4 is 9.64 Å². The predicted octanol–water partition coefficient (Wildman–Crippen LogP) is 4.12. The Morgan fingerprint density at radius 2 is 1.97 bits per heavy atom. The van der Waals surface area contributed by atoms with E-state index in [0.29, 0.717) is 19.0 Å². The first-order chi connectivity index (χ1) is 14.2. The van der Waals surface area contributed by atoms with Gasteiger partial charge in [-0.3, -0.25) is 4.79 Å². The first-order valence-corrected chi connectivity index (χ1v) is 9.44. The third kappa shape index (κ3) is 4.12. The molecule has 0 spiro atoms. The number of methoxy groups -OCH3 is 1. The summed E-state index contributed by atoms with van der Waals surface area (Å²) < 4.78 is 24.7.